The molecule has 0 atom stereocenters. The first-order chi connectivity index (χ1) is 11.1. The lowest BCUT2D eigenvalue weighted by atomic mass is 9.68. The van der Waals surface area contributed by atoms with Gasteiger partial charge in [0.2, 0.25) is 11.8 Å². The van der Waals surface area contributed by atoms with Crippen molar-refractivity contribution in [3.63, 3.8) is 0 Å². The molecule has 2 aliphatic rings. The van der Waals surface area contributed by atoms with Crippen LogP contribution in [0.3, 0.4) is 0 Å². The normalized spacial score (nSPS) is 25.7. The molecule has 1 saturated heterocycles. The van der Waals surface area contributed by atoms with Crippen molar-refractivity contribution in [2.24, 2.45) is 11.1 Å². The predicted molar refractivity (Wildman–Crippen MR) is 91.2 cm³/mol. The van der Waals surface area contributed by atoms with Gasteiger partial charge in [-0.05, 0) is 52.9 Å². The van der Waals surface area contributed by atoms with Crippen molar-refractivity contribution in [2.75, 3.05) is 6.54 Å². The van der Waals surface area contributed by atoms with Gasteiger partial charge in [-0.3, -0.25) is 9.59 Å². The van der Waals surface area contributed by atoms with Crippen molar-refractivity contribution >= 4 is 17.9 Å². The Balaban J connectivity index is 0.000000413. The van der Waals surface area contributed by atoms with Crippen molar-refractivity contribution in [3.05, 3.63) is 0 Å². The fourth-order valence-electron chi connectivity index (χ4n) is 2.85. The number of primary amides is 1. The fraction of sp³-hybridized carbons (Fsp3) is 0.824. The van der Waals surface area contributed by atoms with Crippen LogP contribution in [-0.4, -0.2) is 36.1 Å². The number of amides is 3. The molecule has 4 N–H and O–H groups in total. The monoisotopic (exact) mass is 341 g/mol. The molecule has 0 radical (unpaired) electrons. The molecule has 7 nitrogen and oxygen atoms in total. The standard InChI is InChI=1S/C13H22N2O3.C4H9NO/c1-12(2,3)18-11(17)15-9-4-6-13(7-5-9)8-14-10(13)16;1-2-3-4(5)6/h9H,4-8H2,1-3H3,(H,14,16)(H,15,17);2-3H2,1H3,(H2,5,6). The molecule has 1 heterocycles. The Kier molecular flexibility index (Phi) is 7.05. The largest absolute Gasteiger partial charge is 0.444 e. The molecule has 1 aliphatic carbocycles. The molecule has 2 rings (SSSR count). The lowest BCUT2D eigenvalue weighted by molar-refractivity contribution is -0.142. The summed E-state index contributed by atoms with van der Waals surface area (Å²) in [5.74, 6) is -0.0317. The van der Waals surface area contributed by atoms with Gasteiger partial charge in [0, 0.05) is 19.0 Å². The van der Waals surface area contributed by atoms with Crippen molar-refractivity contribution < 1.29 is 19.1 Å². The number of carbonyl (C=O) groups excluding carboxylic acids is 3. The lowest BCUT2D eigenvalue weighted by Gasteiger charge is -2.45. The van der Waals surface area contributed by atoms with E-state index in [1.807, 2.05) is 27.7 Å². The average Bonchev–Trinajstić information content (AvgIpc) is 2.45. The summed E-state index contributed by atoms with van der Waals surface area (Å²) < 4.78 is 5.22. The third kappa shape index (κ3) is 6.37. The van der Waals surface area contributed by atoms with Gasteiger partial charge in [0.05, 0.1) is 5.41 Å². The van der Waals surface area contributed by atoms with Gasteiger partial charge in [-0.2, -0.15) is 0 Å². The number of carbonyl (C=O) groups is 3. The summed E-state index contributed by atoms with van der Waals surface area (Å²) >= 11 is 0. The van der Waals surface area contributed by atoms with E-state index in [-0.39, 0.29) is 29.4 Å². The van der Waals surface area contributed by atoms with Crippen LogP contribution in [0.15, 0.2) is 0 Å². The Morgan fingerprint density at radius 3 is 2.21 bits per heavy atom. The van der Waals surface area contributed by atoms with E-state index < -0.39 is 5.60 Å². The molecular formula is C17H31N3O4. The molecule has 0 aromatic rings. The summed E-state index contributed by atoms with van der Waals surface area (Å²) in [5, 5.41) is 5.69. The quantitative estimate of drug-likeness (QED) is 0.680. The predicted octanol–water partition coefficient (Wildman–Crippen LogP) is 1.84. The molecular weight excluding hydrogens is 310 g/mol. The number of hydrogen-bond donors (Lipinski definition) is 3. The highest BCUT2D eigenvalue weighted by Crippen LogP contribution is 2.40. The van der Waals surface area contributed by atoms with Gasteiger partial charge < -0.3 is 21.1 Å². The van der Waals surface area contributed by atoms with Crippen LogP contribution in [0.5, 0.6) is 0 Å². The van der Waals surface area contributed by atoms with E-state index in [0.717, 1.165) is 38.6 Å². The molecule has 0 unspecified atom stereocenters. The molecule has 1 aliphatic heterocycles. The van der Waals surface area contributed by atoms with E-state index in [2.05, 4.69) is 10.6 Å². The van der Waals surface area contributed by atoms with E-state index in [1.165, 1.54) is 0 Å². The molecule has 1 spiro atoms. The summed E-state index contributed by atoms with van der Waals surface area (Å²) in [6.45, 7) is 8.26. The number of ether oxygens (including phenoxy) is 1. The lowest BCUT2D eigenvalue weighted by Crippen LogP contribution is -2.61. The van der Waals surface area contributed by atoms with Crippen LogP contribution in [0.1, 0.15) is 66.2 Å². The Hall–Kier alpha value is -1.79. The minimum Gasteiger partial charge on any atom is -0.444 e. The van der Waals surface area contributed by atoms with E-state index in [0.29, 0.717) is 6.42 Å². The molecule has 2 fully saturated rings. The van der Waals surface area contributed by atoms with Gasteiger partial charge in [-0.25, -0.2) is 4.79 Å². The first-order valence-corrected chi connectivity index (χ1v) is 8.64. The fourth-order valence-corrected chi connectivity index (χ4v) is 2.85. The van der Waals surface area contributed by atoms with Crippen LogP contribution >= 0.6 is 0 Å². The van der Waals surface area contributed by atoms with Gasteiger partial charge in [-0.1, -0.05) is 6.92 Å². The summed E-state index contributed by atoms with van der Waals surface area (Å²) in [6.07, 6.45) is 4.44. The first kappa shape index (κ1) is 20.3. The number of nitrogens with two attached hydrogens (primary N) is 1. The highest BCUT2D eigenvalue weighted by Gasteiger charge is 2.48. The second-order valence-electron chi connectivity index (χ2n) is 7.60. The third-order valence-electron chi connectivity index (χ3n) is 4.23. The molecule has 0 bridgehead atoms. The molecule has 0 aromatic carbocycles. The highest BCUT2D eigenvalue weighted by molar-refractivity contribution is 5.88. The molecule has 0 aromatic heterocycles. The van der Waals surface area contributed by atoms with Crippen LogP contribution in [0, 0.1) is 5.41 Å². The number of rotatable bonds is 3. The summed E-state index contributed by atoms with van der Waals surface area (Å²) in [7, 11) is 0. The van der Waals surface area contributed by atoms with E-state index in [9.17, 15) is 14.4 Å². The van der Waals surface area contributed by atoms with Crippen molar-refractivity contribution in [2.45, 2.75) is 77.9 Å². The number of nitrogens with one attached hydrogen (secondary N) is 2. The Labute approximate surface area is 144 Å². The summed E-state index contributed by atoms with van der Waals surface area (Å²) in [6, 6.07) is 0.138. The summed E-state index contributed by atoms with van der Waals surface area (Å²) in [4.78, 5) is 32.9. The van der Waals surface area contributed by atoms with E-state index in [4.69, 9.17) is 10.5 Å². The molecule has 7 heteroatoms. The number of alkyl carbamates (subject to hydrolysis) is 1. The maximum Gasteiger partial charge on any atom is 0.407 e. The maximum atomic E-state index is 11.6. The van der Waals surface area contributed by atoms with Crippen molar-refractivity contribution in [3.8, 4) is 0 Å². The average molecular weight is 341 g/mol. The maximum absolute atomic E-state index is 11.6. The van der Waals surface area contributed by atoms with Gasteiger partial charge >= 0.3 is 6.09 Å². The van der Waals surface area contributed by atoms with Gasteiger partial charge in [0.25, 0.3) is 0 Å². The molecule has 24 heavy (non-hydrogen) atoms. The zero-order chi connectivity index (χ0) is 18.4. The van der Waals surface area contributed by atoms with Crippen LogP contribution in [0.4, 0.5) is 4.79 Å². The van der Waals surface area contributed by atoms with Crippen LogP contribution in [-0.2, 0) is 14.3 Å². The zero-order valence-corrected chi connectivity index (χ0v) is 15.2. The minimum absolute atomic E-state index is 0.133. The van der Waals surface area contributed by atoms with Crippen molar-refractivity contribution in [1.82, 2.24) is 10.6 Å². The number of β-lactam (4-membered cyclic amide) rings is 1. The third-order valence-corrected chi connectivity index (χ3v) is 4.23. The molecule has 3 amide bonds. The molecule has 138 valence electrons. The topological polar surface area (TPSA) is 111 Å². The van der Waals surface area contributed by atoms with Gasteiger partial charge in [0.15, 0.2) is 0 Å². The summed E-state index contributed by atoms with van der Waals surface area (Å²) in [5.41, 5.74) is 4.17. The second kappa shape index (κ2) is 8.35. The van der Waals surface area contributed by atoms with Gasteiger partial charge in [0.1, 0.15) is 5.60 Å². The first-order valence-electron chi connectivity index (χ1n) is 8.64. The Morgan fingerprint density at radius 2 is 1.92 bits per heavy atom. The van der Waals surface area contributed by atoms with E-state index >= 15 is 0 Å². The molecule has 1 saturated carbocycles. The zero-order valence-electron chi connectivity index (χ0n) is 15.2. The minimum atomic E-state index is -0.464. The van der Waals surface area contributed by atoms with Gasteiger partial charge in [-0.15, -0.1) is 0 Å². The van der Waals surface area contributed by atoms with Crippen LogP contribution < -0.4 is 16.4 Å². The smallest absolute Gasteiger partial charge is 0.407 e. The number of hydrogen-bond acceptors (Lipinski definition) is 4. The highest BCUT2D eigenvalue weighted by atomic mass is 16.6. The van der Waals surface area contributed by atoms with Crippen LogP contribution in [0.2, 0.25) is 0 Å². The van der Waals surface area contributed by atoms with Crippen molar-refractivity contribution in [1.29, 1.82) is 0 Å². The second-order valence-corrected chi connectivity index (χ2v) is 7.60. The Morgan fingerprint density at radius 1 is 1.33 bits per heavy atom. The van der Waals surface area contributed by atoms with Crippen LogP contribution in [0.25, 0.3) is 0 Å². The van der Waals surface area contributed by atoms with E-state index in [1.54, 1.807) is 0 Å². The Bertz CT molecular complexity index is 463. The SMILES string of the molecule is CC(C)(C)OC(=O)NC1CCC2(CC1)CNC2=O.CCCC(N)=O.